The first kappa shape index (κ1) is 13.2. The van der Waals surface area contributed by atoms with E-state index in [1.807, 2.05) is 18.2 Å². The highest BCUT2D eigenvalue weighted by molar-refractivity contribution is 5.30. The van der Waals surface area contributed by atoms with Gasteiger partial charge in [-0.05, 0) is 24.0 Å². The minimum absolute atomic E-state index is 0.969. The Balaban J connectivity index is 2.21. The van der Waals surface area contributed by atoms with Gasteiger partial charge >= 0.3 is 0 Å². The van der Waals surface area contributed by atoms with E-state index < -0.39 is 0 Å². The molecule has 0 heterocycles. The molecule has 1 heteroatoms. The van der Waals surface area contributed by atoms with E-state index in [1.165, 1.54) is 50.7 Å². The maximum atomic E-state index is 9.07. The molecule has 0 aliphatic heterocycles. The molecule has 1 radical (unpaired) electrons. The van der Waals surface area contributed by atoms with Gasteiger partial charge in [0.25, 0.3) is 0 Å². The largest absolute Gasteiger partial charge is 0.385 e. The second-order valence-corrected chi connectivity index (χ2v) is 4.35. The molecular weight excluding hydrogens is 196 g/mol. The molecule has 0 fully saturated rings. The van der Waals surface area contributed by atoms with Gasteiger partial charge in [0.2, 0.25) is 0 Å². The molecule has 0 unspecified atom stereocenters. The van der Waals surface area contributed by atoms with Crippen LogP contribution in [0, 0.1) is 6.61 Å². The van der Waals surface area contributed by atoms with Crippen LogP contribution in [0.2, 0.25) is 0 Å². The number of aliphatic hydroxyl groups is 1. The Bertz CT molecular complexity index is 281. The standard InChI is InChI=1S/C15H23O/c1-2-3-4-5-6-7-10-14-11-8-9-12-15(14)13-16/h8-9,11-13,16H,2-7,10H2,1H3. The van der Waals surface area contributed by atoms with Gasteiger partial charge in [-0.15, -0.1) is 0 Å². The minimum Gasteiger partial charge on any atom is -0.385 e. The minimum atomic E-state index is 0.969. The number of aryl methyl sites for hydroxylation is 1. The van der Waals surface area contributed by atoms with E-state index in [-0.39, 0.29) is 0 Å². The number of hydrogen-bond donors (Lipinski definition) is 1. The van der Waals surface area contributed by atoms with E-state index in [1.54, 1.807) is 0 Å². The van der Waals surface area contributed by atoms with Crippen molar-refractivity contribution in [1.82, 2.24) is 0 Å². The summed E-state index contributed by atoms with van der Waals surface area (Å²) in [6, 6.07) is 8.08. The number of aliphatic hydroxyl groups excluding tert-OH is 1. The third-order valence-corrected chi connectivity index (χ3v) is 2.99. The summed E-state index contributed by atoms with van der Waals surface area (Å²) in [4.78, 5) is 0. The molecule has 0 saturated carbocycles. The van der Waals surface area contributed by atoms with Crippen LogP contribution in [0.1, 0.15) is 56.6 Å². The third kappa shape index (κ3) is 4.80. The molecule has 0 aromatic heterocycles. The highest BCUT2D eigenvalue weighted by Crippen LogP contribution is 2.14. The Hall–Kier alpha value is -0.820. The third-order valence-electron chi connectivity index (χ3n) is 2.99. The van der Waals surface area contributed by atoms with Gasteiger partial charge in [-0.3, -0.25) is 0 Å². The Morgan fingerprint density at radius 3 is 2.44 bits per heavy atom. The van der Waals surface area contributed by atoms with Crippen molar-refractivity contribution in [3.05, 3.63) is 42.0 Å². The Morgan fingerprint density at radius 1 is 1.00 bits per heavy atom. The fraction of sp³-hybridized carbons (Fsp3) is 0.533. The molecule has 0 saturated heterocycles. The molecule has 1 rings (SSSR count). The van der Waals surface area contributed by atoms with Crippen LogP contribution in [0.25, 0.3) is 0 Å². The average Bonchev–Trinajstić information content (AvgIpc) is 2.34. The maximum absolute atomic E-state index is 9.07. The molecule has 89 valence electrons. The molecular formula is C15H23O. The van der Waals surface area contributed by atoms with Crippen molar-refractivity contribution in [2.75, 3.05) is 0 Å². The molecule has 1 aromatic rings. The summed E-state index contributed by atoms with van der Waals surface area (Å²) >= 11 is 0. The first-order valence-corrected chi connectivity index (χ1v) is 6.43. The van der Waals surface area contributed by atoms with Crippen molar-refractivity contribution in [2.45, 2.75) is 51.9 Å². The summed E-state index contributed by atoms with van der Waals surface area (Å²) in [7, 11) is 0. The number of benzene rings is 1. The van der Waals surface area contributed by atoms with Gasteiger partial charge in [-0.25, -0.2) is 0 Å². The van der Waals surface area contributed by atoms with Crippen molar-refractivity contribution in [3.8, 4) is 0 Å². The highest BCUT2D eigenvalue weighted by Gasteiger charge is 2.00. The lowest BCUT2D eigenvalue weighted by Gasteiger charge is -2.06. The van der Waals surface area contributed by atoms with E-state index in [0.29, 0.717) is 0 Å². The summed E-state index contributed by atoms with van der Waals surface area (Å²) in [5.74, 6) is 0. The number of unbranched alkanes of at least 4 members (excludes halogenated alkanes) is 5. The maximum Gasteiger partial charge on any atom is 0.109 e. The average molecular weight is 219 g/mol. The van der Waals surface area contributed by atoms with Crippen molar-refractivity contribution in [2.24, 2.45) is 0 Å². The van der Waals surface area contributed by atoms with Gasteiger partial charge in [0.1, 0.15) is 6.61 Å². The fourth-order valence-corrected chi connectivity index (χ4v) is 1.98. The Morgan fingerprint density at radius 2 is 1.69 bits per heavy atom. The van der Waals surface area contributed by atoms with Crippen LogP contribution in [0.5, 0.6) is 0 Å². The molecule has 0 bridgehead atoms. The molecule has 1 N–H and O–H groups in total. The lowest BCUT2D eigenvalue weighted by atomic mass is 10.0. The first-order chi connectivity index (χ1) is 7.88. The lowest BCUT2D eigenvalue weighted by molar-refractivity contribution is 0.413. The normalized spacial score (nSPS) is 10.6. The van der Waals surface area contributed by atoms with Crippen LogP contribution in [-0.4, -0.2) is 5.11 Å². The van der Waals surface area contributed by atoms with Gasteiger partial charge in [0.05, 0.1) is 0 Å². The van der Waals surface area contributed by atoms with Gasteiger partial charge in [0, 0.05) is 0 Å². The molecule has 0 atom stereocenters. The predicted octanol–water partition coefficient (Wildman–Crippen LogP) is 4.47. The quantitative estimate of drug-likeness (QED) is 0.639. The molecule has 0 aliphatic rings. The number of rotatable bonds is 8. The smallest absolute Gasteiger partial charge is 0.109 e. The zero-order valence-electron chi connectivity index (χ0n) is 10.3. The summed E-state index contributed by atoms with van der Waals surface area (Å²) in [6.45, 7) is 3.46. The topological polar surface area (TPSA) is 20.2 Å². The zero-order chi connectivity index (χ0) is 11.6. The van der Waals surface area contributed by atoms with E-state index in [9.17, 15) is 0 Å². The highest BCUT2D eigenvalue weighted by atomic mass is 16.3. The zero-order valence-corrected chi connectivity index (χ0v) is 10.3. The lowest BCUT2D eigenvalue weighted by Crippen LogP contribution is -1.92. The monoisotopic (exact) mass is 219 g/mol. The van der Waals surface area contributed by atoms with Crippen molar-refractivity contribution in [3.63, 3.8) is 0 Å². The molecule has 16 heavy (non-hydrogen) atoms. The van der Waals surface area contributed by atoms with Crippen LogP contribution in [0.15, 0.2) is 24.3 Å². The van der Waals surface area contributed by atoms with Crippen LogP contribution in [-0.2, 0) is 6.42 Å². The van der Waals surface area contributed by atoms with Crippen molar-refractivity contribution >= 4 is 0 Å². The van der Waals surface area contributed by atoms with Crippen LogP contribution in [0.3, 0.4) is 0 Å². The Labute approximate surface area is 99.5 Å². The van der Waals surface area contributed by atoms with Crippen molar-refractivity contribution in [1.29, 1.82) is 0 Å². The van der Waals surface area contributed by atoms with Crippen LogP contribution < -0.4 is 0 Å². The second kappa shape index (κ2) is 8.35. The predicted molar refractivity (Wildman–Crippen MR) is 68.9 cm³/mol. The van der Waals surface area contributed by atoms with Gasteiger partial charge in [0.15, 0.2) is 0 Å². The van der Waals surface area contributed by atoms with E-state index >= 15 is 0 Å². The van der Waals surface area contributed by atoms with Gasteiger partial charge < -0.3 is 5.11 Å². The molecule has 0 amide bonds. The molecule has 1 nitrogen and oxygen atoms in total. The van der Waals surface area contributed by atoms with Gasteiger partial charge in [-0.2, -0.15) is 0 Å². The number of hydrogen-bond acceptors (Lipinski definition) is 1. The van der Waals surface area contributed by atoms with E-state index in [4.69, 9.17) is 5.11 Å². The van der Waals surface area contributed by atoms with Crippen LogP contribution in [0.4, 0.5) is 0 Å². The summed E-state index contributed by atoms with van der Waals surface area (Å²) < 4.78 is 0. The SMILES string of the molecule is CCCCCCCCc1ccccc1[CH]O. The Kier molecular flexibility index (Phi) is 6.91. The molecule has 0 aliphatic carbocycles. The molecule has 1 aromatic carbocycles. The second-order valence-electron chi connectivity index (χ2n) is 4.35. The summed E-state index contributed by atoms with van der Waals surface area (Å²) in [6.07, 6.45) is 9.00. The fourth-order valence-electron chi connectivity index (χ4n) is 1.98. The van der Waals surface area contributed by atoms with Gasteiger partial charge in [-0.1, -0.05) is 63.3 Å². The van der Waals surface area contributed by atoms with Crippen molar-refractivity contribution < 1.29 is 5.11 Å². The van der Waals surface area contributed by atoms with E-state index in [2.05, 4.69) is 13.0 Å². The van der Waals surface area contributed by atoms with Crippen LogP contribution >= 0.6 is 0 Å². The first-order valence-electron chi connectivity index (χ1n) is 6.43. The van der Waals surface area contributed by atoms with E-state index in [0.717, 1.165) is 12.0 Å². The molecule has 0 spiro atoms. The summed E-state index contributed by atoms with van der Waals surface area (Å²) in [5.41, 5.74) is 2.23. The summed E-state index contributed by atoms with van der Waals surface area (Å²) in [5, 5.41) is 9.07.